The lowest BCUT2D eigenvalue weighted by molar-refractivity contribution is -0.0413. The van der Waals surface area contributed by atoms with Crippen molar-refractivity contribution < 1.29 is 22.6 Å². The first-order valence-electron chi connectivity index (χ1n) is 13.9. The second-order valence-corrected chi connectivity index (χ2v) is 24.6. The maximum atomic E-state index is 16.5. The van der Waals surface area contributed by atoms with Gasteiger partial charge in [0, 0.05) is 4.75 Å². The summed E-state index contributed by atoms with van der Waals surface area (Å²) in [6, 6.07) is 0. The second kappa shape index (κ2) is 10.8. The van der Waals surface area contributed by atoms with Crippen molar-refractivity contribution in [1.29, 1.82) is 0 Å². The fraction of sp³-hybridized carbons (Fsp3) is 0.731. The van der Waals surface area contributed by atoms with Gasteiger partial charge in [0.05, 0.1) is 19.0 Å². The first-order valence-corrected chi connectivity index (χ1v) is 20.9. The van der Waals surface area contributed by atoms with Crippen LogP contribution in [0.5, 0.6) is 0 Å². The molecule has 3 aliphatic rings. The van der Waals surface area contributed by atoms with E-state index in [4.69, 9.17) is 35.8 Å². The number of nitrogen functional groups attached to an aromatic ring is 1. The Bertz CT molecular complexity index is 1450. The average Bonchev–Trinajstić information content (AvgIpc) is 3.47. The smallest absolute Gasteiger partial charge is 0.280 e. The van der Waals surface area contributed by atoms with Crippen LogP contribution in [0, 0.1) is 5.92 Å². The zero-order valence-electron chi connectivity index (χ0n) is 24.7. The fourth-order valence-corrected chi connectivity index (χ4v) is 13.9. The number of aromatic nitrogens is 4. The predicted octanol–water partition coefficient (Wildman–Crippen LogP) is 5.84. The average molecular weight is 646 g/mol. The number of halogens is 1. The van der Waals surface area contributed by atoms with Gasteiger partial charge in [0.1, 0.15) is 12.2 Å². The molecule has 15 heteroatoms. The number of ether oxygens (including phenoxy) is 1. The van der Waals surface area contributed by atoms with E-state index in [9.17, 15) is 4.79 Å². The van der Waals surface area contributed by atoms with Gasteiger partial charge in [-0.15, -0.1) is 0 Å². The molecule has 1 aliphatic carbocycles. The SMILES string of the molecule is C=C(C)[C@@H]1CC[C@]2(C)S[P@@](=S)(O[C@H]3[C@@H](F)[C@H](n4cnc5c(=O)[nH]c(N)nc54)O[C@@H]3CO[Si](C)(C)C(C)(C)C)O[C@H]2C1. The molecule has 0 aromatic carbocycles. The van der Waals surface area contributed by atoms with E-state index in [1.807, 2.05) is 0 Å². The number of rotatable bonds is 7. The molecule has 2 aliphatic heterocycles. The van der Waals surface area contributed by atoms with Crippen LogP contribution in [-0.4, -0.2) is 63.7 Å². The summed E-state index contributed by atoms with van der Waals surface area (Å²) in [6.45, 7) is 19.2. The number of nitrogens with one attached hydrogen (secondary N) is 1. The molecular formula is C26H41FN5O5PS2Si. The molecule has 8 atom stereocenters. The molecule has 0 spiro atoms. The van der Waals surface area contributed by atoms with Gasteiger partial charge in [0.25, 0.3) is 5.56 Å². The maximum absolute atomic E-state index is 16.5. The molecule has 10 nitrogen and oxygen atoms in total. The molecule has 2 saturated heterocycles. The third-order valence-electron chi connectivity index (χ3n) is 9.10. The van der Waals surface area contributed by atoms with Gasteiger partial charge in [-0.2, -0.15) is 4.98 Å². The van der Waals surface area contributed by atoms with Gasteiger partial charge >= 0.3 is 0 Å². The highest BCUT2D eigenvalue weighted by atomic mass is 32.9. The summed E-state index contributed by atoms with van der Waals surface area (Å²) in [7, 11) is -2.20. The van der Waals surface area contributed by atoms with Gasteiger partial charge in [0.15, 0.2) is 31.9 Å². The molecule has 3 N–H and O–H groups in total. The molecule has 1 saturated carbocycles. The Morgan fingerprint density at radius 2 is 2.17 bits per heavy atom. The van der Waals surface area contributed by atoms with E-state index in [0.29, 0.717) is 5.92 Å². The predicted molar refractivity (Wildman–Crippen MR) is 167 cm³/mol. The van der Waals surface area contributed by atoms with Crippen LogP contribution >= 0.6 is 17.1 Å². The largest absolute Gasteiger partial charge is 0.414 e. The Labute approximate surface area is 250 Å². The molecule has 41 heavy (non-hydrogen) atoms. The normalized spacial score (nSPS) is 36.1. The van der Waals surface area contributed by atoms with Crippen LogP contribution in [0.15, 0.2) is 23.3 Å². The summed E-state index contributed by atoms with van der Waals surface area (Å²) >= 11 is 7.57. The zero-order chi connectivity index (χ0) is 30.1. The minimum absolute atomic E-state index is 0.0411. The highest BCUT2D eigenvalue weighted by Gasteiger charge is 2.57. The van der Waals surface area contributed by atoms with Gasteiger partial charge in [-0.25, -0.2) is 9.37 Å². The van der Waals surface area contributed by atoms with Crippen molar-refractivity contribution in [3.05, 3.63) is 28.8 Å². The minimum Gasteiger partial charge on any atom is -0.414 e. The highest BCUT2D eigenvalue weighted by Crippen LogP contribution is 2.76. The summed E-state index contributed by atoms with van der Waals surface area (Å²) in [4.78, 5) is 23.1. The van der Waals surface area contributed by atoms with Crippen molar-refractivity contribution in [2.45, 2.75) is 107 Å². The van der Waals surface area contributed by atoms with Crippen molar-refractivity contribution in [1.82, 2.24) is 19.5 Å². The zero-order valence-corrected chi connectivity index (χ0v) is 28.2. The minimum atomic E-state index is -2.94. The van der Waals surface area contributed by atoms with Crippen molar-refractivity contribution in [2.75, 3.05) is 12.3 Å². The Morgan fingerprint density at radius 1 is 1.46 bits per heavy atom. The molecule has 5 rings (SSSR count). The van der Waals surface area contributed by atoms with Crippen molar-refractivity contribution in [3.63, 3.8) is 0 Å². The quantitative estimate of drug-likeness (QED) is 0.216. The number of fused-ring (bicyclic) bond motifs is 2. The molecule has 228 valence electrons. The van der Waals surface area contributed by atoms with E-state index >= 15 is 4.39 Å². The summed E-state index contributed by atoms with van der Waals surface area (Å²) in [5, 5.41) is -0.0553. The van der Waals surface area contributed by atoms with Crippen molar-refractivity contribution in [2.24, 2.45) is 5.92 Å². The molecule has 2 aromatic heterocycles. The fourth-order valence-electron chi connectivity index (χ4n) is 5.40. The first-order chi connectivity index (χ1) is 18.9. The van der Waals surface area contributed by atoms with E-state index in [-0.39, 0.29) is 39.6 Å². The van der Waals surface area contributed by atoms with Gasteiger partial charge < -0.3 is 23.9 Å². The van der Waals surface area contributed by atoms with E-state index in [2.05, 4.69) is 69.2 Å². The number of hydrogen-bond acceptors (Lipinski definition) is 10. The number of nitrogens with zero attached hydrogens (tertiary/aromatic N) is 3. The Balaban J connectivity index is 1.44. The van der Waals surface area contributed by atoms with Gasteiger partial charge in [-0.1, -0.05) is 44.3 Å². The number of hydrogen-bond donors (Lipinski definition) is 2. The van der Waals surface area contributed by atoms with Gasteiger partial charge in [-0.05, 0) is 69.0 Å². The number of anilines is 1. The topological polar surface area (TPSA) is 127 Å². The first kappa shape index (κ1) is 31.3. The molecule has 0 amide bonds. The lowest BCUT2D eigenvalue weighted by Gasteiger charge is -2.37. The molecular weight excluding hydrogens is 605 g/mol. The maximum Gasteiger partial charge on any atom is 0.280 e. The molecule has 2 aromatic rings. The number of alkyl halides is 1. The molecule has 0 unspecified atom stereocenters. The van der Waals surface area contributed by atoms with Crippen LogP contribution in [0.25, 0.3) is 11.2 Å². The summed E-state index contributed by atoms with van der Waals surface area (Å²) in [6.07, 6.45) is -0.663. The van der Waals surface area contributed by atoms with E-state index in [1.54, 1.807) is 11.4 Å². The summed E-state index contributed by atoms with van der Waals surface area (Å²) < 4.78 is 43.5. The number of imidazole rings is 1. The van der Waals surface area contributed by atoms with E-state index in [0.717, 1.165) is 24.8 Å². The standard InChI is InChI=1S/C26H41FN5O5PS2Si/c1-14(2)15-9-10-26(6)17(11-15)36-38(39,40-26)37-20-16(12-34-41(7,8)25(3,4)5)35-23(18(20)27)32-13-29-19-21(32)30-24(28)31-22(19)33/h13,15-18,20,23H,1,9-12H2,2-8H3,(H3,28,30,31,33)/t15-,16-,17+,18-,20-,23-,26+,38-/m1/s1. The number of H-pyrrole nitrogens is 1. The van der Waals surface area contributed by atoms with Crippen LogP contribution in [0.2, 0.25) is 18.1 Å². The molecule has 0 radical (unpaired) electrons. The Morgan fingerprint density at radius 3 is 2.83 bits per heavy atom. The van der Waals surface area contributed by atoms with Crippen LogP contribution in [0.4, 0.5) is 10.3 Å². The van der Waals surface area contributed by atoms with Gasteiger partial charge in [-0.3, -0.25) is 14.3 Å². The summed E-state index contributed by atoms with van der Waals surface area (Å²) in [5.74, 6) is 0.269. The molecule has 0 bridgehead atoms. The molecule has 3 fully saturated rings. The number of aromatic amines is 1. The van der Waals surface area contributed by atoms with Crippen LogP contribution in [0.3, 0.4) is 0 Å². The third kappa shape index (κ3) is 5.87. The second-order valence-electron chi connectivity index (χ2n) is 13.2. The third-order valence-corrected chi connectivity index (χ3v) is 19.3. The summed E-state index contributed by atoms with van der Waals surface area (Å²) in [5.41, 5.74) is 3.63. The number of allylic oxidation sites excluding steroid dienone is 1. The Kier molecular flexibility index (Phi) is 8.24. The lowest BCUT2D eigenvalue weighted by atomic mass is 9.77. The molecule has 4 heterocycles. The highest BCUT2D eigenvalue weighted by molar-refractivity contribution is 8.68. The van der Waals surface area contributed by atoms with Crippen molar-refractivity contribution >= 4 is 54.3 Å². The van der Waals surface area contributed by atoms with E-state index < -0.39 is 44.2 Å². The van der Waals surface area contributed by atoms with Crippen LogP contribution in [0.1, 0.15) is 60.1 Å². The lowest BCUT2D eigenvalue weighted by Crippen LogP contribution is -2.44. The van der Waals surface area contributed by atoms with E-state index in [1.165, 1.54) is 10.9 Å². The van der Waals surface area contributed by atoms with Crippen LogP contribution in [-0.2, 0) is 30.0 Å². The van der Waals surface area contributed by atoms with Gasteiger partial charge in [0.2, 0.25) is 11.6 Å². The Hall–Kier alpha value is -1.12. The monoisotopic (exact) mass is 645 g/mol. The van der Waals surface area contributed by atoms with Crippen molar-refractivity contribution in [3.8, 4) is 0 Å². The van der Waals surface area contributed by atoms with Crippen LogP contribution < -0.4 is 11.3 Å². The number of nitrogens with two attached hydrogens (primary N) is 1.